The van der Waals surface area contributed by atoms with Crippen LogP contribution in [0, 0.1) is 5.41 Å². The summed E-state index contributed by atoms with van der Waals surface area (Å²) < 4.78 is 0. The molecule has 0 unspecified atom stereocenters. The zero-order valence-electron chi connectivity index (χ0n) is 9.12. The van der Waals surface area contributed by atoms with Gasteiger partial charge < -0.3 is 4.90 Å². The molecule has 0 saturated carbocycles. The maximum atomic E-state index is 7.85. The summed E-state index contributed by atoms with van der Waals surface area (Å²) in [6, 6.07) is 0. The Bertz CT molecular complexity index is 345. The second-order valence-electron chi connectivity index (χ2n) is 3.90. The van der Waals surface area contributed by atoms with Crippen LogP contribution in [0.2, 0.25) is 0 Å². The van der Waals surface area contributed by atoms with Crippen LogP contribution in [0.1, 0.15) is 36.1 Å². The highest BCUT2D eigenvalue weighted by Gasteiger charge is 2.16. The summed E-state index contributed by atoms with van der Waals surface area (Å²) in [6.07, 6.45) is 6.36. The Hall–Kier alpha value is -0.900. The third-order valence-electron chi connectivity index (χ3n) is 2.75. The van der Waals surface area contributed by atoms with E-state index in [0.29, 0.717) is 0 Å². The number of nitrogens with zero attached hydrogens (tertiary/aromatic N) is 2. The van der Waals surface area contributed by atoms with Gasteiger partial charge in [-0.05, 0) is 19.3 Å². The summed E-state index contributed by atoms with van der Waals surface area (Å²) in [4.78, 5) is 7.89. The van der Waals surface area contributed by atoms with Crippen LogP contribution in [-0.2, 0) is 13.0 Å². The summed E-state index contributed by atoms with van der Waals surface area (Å²) in [7, 11) is 0. The van der Waals surface area contributed by atoms with Crippen molar-refractivity contribution in [3.63, 3.8) is 0 Å². The van der Waals surface area contributed by atoms with E-state index in [1.807, 2.05) is 6.20 Å². The lowest BCUT2D eigenvalue weighted by Gasteiger charge is -2.28. The van der Waals surface area contributed by atoms with E-state index < -0.39 is 0 Å². The van der Waals surface area contributed by atoms with Crippen LogP contribution in [-0.4, -0.2) is 22.3 Å². The standard InChI is InChI=1S/C11H17N3S/c1-2-9-7-13-11(15-9)8-14-6-4-3-5-10(14)12/h7,12H,2-6,8H2,1H3. The normalized spacial score (nSPS) is 17.1. The van der Waals surface area contributed by atoms with Crippen LogP contribution in [0.15, 0.2) is 6.20 Å². The lowest BCUT2D eigenvalue weighted by Crippen LogP contribution is -2.34. The Balaban J connectivity index is 1.98. The summed E-state index contributed by atoms with van der Waals surface area (Å²) in [5, 5.41) is 9.00. The summed E-state index contributed by atoms with van der Waals surface area (Å²) in [5.41, 5.74) is 0. The highest BCUT2D eigenvalue weighted by atomic mass is 32.1. The number of likely N-dealkylation sites (tertiary alicyclic amines) is 1. The fourth-order valence-electron chi connectivity index (χ4n) is 1.81. The molecule has 1 aromatic heterocycles. The molecule has 3 nitrogen and oxygen atoms in total. The number of aryl methyl sites for hydroxylation is 1. The van der Waals surface area contributed by atoms with E-state index in [1.165, 1.54) is 17.7 Å². The molecule has 1 aliphatic rings. The maximum absolute atomic E-state index is 7.85. The van der Waals surface area contributed by atoms with Gasteiger partial charge in [0.15, 0.2) is 0 Å². The van der Waals surface area contributed by atoms with Crippen LogP contribution in [0.5, 0.6) is 0 Å². The molecule has 0 atom stereocenters. The number of piperidine rings is 1. The minimum Gasteiger partial charge on any atom is -0.354 e. The average Bonchev–Trinajstić information content (AvgIpc) is 2.69. The molecule has 0 spiro atoms. The molecular formula is C11H17N3S. The summed E-state index contributed by atoms with van der Waals surface area (Å²) in [6.45, 7) is 4.02. The Morgan fingerprint density at radius 1 is 1.53 bits per heavy atom. The maximum Gasteiger partial charge on any atom is 0.112 e. The van der Waals surface area contributed by atoms with E-state index in [9.17, 15) is 0 Å². The van der Waals surface area contributed by atoms with Gasteiger partial charge in [0.25, 0.3) is 0 Å². The Kier molecular flexibility index (Phi) is 3.36. The van der Waals surface area contributed by atoms with Gasteiger partial charge in [-0.3, -0.25) is 5.41 Å². The van der Waals surface area contributed by atoms with Crippen molar-refractivity contribution >= 4 is 17.2 Å². The Morgan fingerprint density at radius 3 is 3.07 bits per heavy atom. The van der Waals surface area contributed by atoms with Crippen LogP contribution in [0.4, 0.5) is 0 Å². The van der Waals surface area contributed by atoms with Crippen molar-refractivity contribution in [2.45, 2.75) is 39.2 Å². The molecule has 1 fully saturated rings. The van der Waals surface area contributed by atoms with E-state index in [4.69, 9.17) is 5.41 Å². The molecule has 1 saturated heterocycles. The van der Waals surface area contributed by atoms with E-state index >= 15 is 0 Å². The molecule has 2 rings (SSSR count). The van der Waals surface area contributed by atoms with Gasteiger partial charge in [-0.15, -0.1) is 11.3 Å². The third-order valence-corrected chi connectivity index (χ3v) is 3.88. The van der Waals surface area contributed by atoms with Gasteiger partial charge in [-0.1, -0.05) is 6.92 Å². The highest BCUT2D eigenvalue weighted by Crippen LogP contribution is 2.18. The fourth-order valence-corrected chi connectivity index (χ4v) is 2.69. The van der Waals surface area contributed by atoms with E-state index in [1.54, 1.807) is 11.3 Å². The predicted octanol–water partition coefficient (Wildman–Crippen LogP) is 2.67. The lowest BCUT2D eigenvalue weighted by molar-refractivity contribution is 0.360. The van der Waals surface area contributed by atoms with Gasteiger partial charge in [0.2, 0.25) is 0 Å². The zero-order chi connectivity index (χ0) is 10.7. The molecule has 2 heterocycles. The van der Waals surface area contributed by atoms with Crippen molar-refractivity contribution in [2.75, 3.05) is 6.54 Å². The largest absolute Gasteiger partial charge is 0.354 e. The highest BCUT2D eigenvalue weighted by molar-refractivity contribution is 7.11. The fraction of sp³-hybridized carbons (Fsp3) is 0.636. The molecule has 0 amide bonds. The SMILES string of the molecule is CCc1cnc(CN2CCCCC2=N)s1. The Morgan fingerprint density at radius 2 is 2.40 bits per heavy atom. The monoisotopic (exact) mass is 223 g/mol. The van der Waals surface area contributed by atoms with E-state index in [2.05, 4.69) is 16.8 Å². The minimum absolute atomic E-state index is 0.787. The molecule has 1 N–H and O–H groups in total. The number of nitrogens with one attached hydrogen (secondary N) is 1. The van der Waals surface area contributed by atoms with Crippen LogP contribution >= 0.6 is 11.3 Å². The van der Waals surface area contributed by atoms with Crippen molar-refractivity contribution in [2.24, 2.45) is 0 Å². The van der Waals surface area contributed by atoms with Crippen molar-refractivity contribution in [1.29, 1.82) is 5.41 Å². The topological polar surface area (TPSA) is 40.0 Å². The van der Waals surface area contributed by atoms with Crippen molar-refractivity contribution < 1.29 is 0 Å². The second-order valence-corrected chi connectivity index (χ2v) is 5.10. The van der Waals surface area contributed by atoms with Crippen LogP contribution in [0.3, 0.4) is 0 Å². The number of amidine groups is 1. The van der Waals surface area contributed by atoms with Crippen molar-refractivity contribution in [1.82, 2.24) is 9.88 Å². The molecule has 0 bridgehead atoms. The van der Waals surface area contributed by atoms with Gasteiger partial charge in [0.1, 0.15) is 5.01 Å². The average molecular weight is 223 g/mol. The number of thiazole rings is 1. The minimum atomic E-state index is 0.787. The zero-order valence-corrected chi connectivity index (χ0v) is 9.94. The number of aromatic nitrogens is 1. The lowest BCUT2D eigenvalue weighted by atomic mass is 10.1. The quantitative estimate of drug-likeness (QED) is 0.855. The number of rotatable bonds is 3. The molecule has 0 aliphatic carbocycles. The molecule has 82 valence electrons. The van der Waals surface area contributed by atoms with E-state index in [-0.39, 0.29) is 0 Å². The van der Waals surface area contributed by atoms with Gasteiger partial charge in [0.05, 0.1) is 12.4 Å². The molecule has 4 heteroatoms. The van der Waals surface area contributed by atoms with Gasteiger partial charge >= 0.3 is 0 Å². The number of hydrogen-bond donors (Lipinski definition) is 1. The first kappa shape index (κ1) is 10.6. The first-order valence-corrected chi connectivity index (χ1v) is 6.37. The first-order valence-electron chi connectivity index (χ1n) is 5.55. The molecule has 1 aliphatic heterocycles. The molecule has 0 aromatic carbocycles. The predicted molar refractivity (Wildman–Crippen MR) is 63.5 cm³/mol. The van der Waals surface area contributed by atoms with Gasteiger partial charge in [-0.2, -0.15) is 0 Å². The van der Waals surface area contributed by atoms with Gasteiger partial charge in [-0.25, -0.2) is 4.98 Å². The molecular weight excluding hydrogens is 206 g/mol. The van der Waals surface area contributed by atoms with Crippen molar-refractivity contribution in [3.8, 4) is 0 Å². The summed E-state index contributed by atoms with van der Waals surface area (Å²) >= 11 is 1.78. The summed E-state index contributed by atoms with van der Waals surface area (Å²) in [5.74, 6) is 0.787. The number of hydrogen-bond acceptors (Lipinski definition) is 3. The molecule has 15 heavy (non-hydrogen) atoms. The third kappa shape index (κ3) is 2.56. The first-order chi connectivity index (χ1) is 7.29. The van der Waals surface area contributed by atoms with E-state index in [0.717, 1.165) is 36.8 Å². The van der Waals surface area contributed by atoms with Crippen LogP contribution in [0.25, 0.3) is 0 Å². The Labute approximate surface area is 94.7 Å². The molecule has 1 aromatic rings. The van der Waals surface area contributed by atoms with Crippen LogP contribution < -0.4 is 0 Å². The second kappa shape index (κ2) is 4.75. The molecule has 0 radical (unpaired) electrons. The van der Waals surface area contributed by atoms with Crippen molar-refractivity contribution in [3.05, 3.63) is 16.1 Å². The van der Waals surface area contributed by atoms with Gasteiger partial charge in [0, 0.05) is 24.0 Å². The smallest absolute Gasteiger partial charge is 0.112 e.